The van der Waals surface area contributed by atoms with Crippen LogP contribution in [-0.2, 0) is 14.0 Å². The van der Waals surface area contributed by atoms with Crippen LogP contribution in [-0.4, -0.2) is 41.7 Å². The number of nitrogens with zero attached hydrogens (tertiary/aromatic N) is 2. The molecule has 0 aliphatic heterocycles. The van der Waals surface area contributed by atoms with Gasteiger partial charge in [0, 0.05) is 5.56 Å². The fraction of sp³-hybridized carbons (Fsp3) is 0.429. The number of oxazole rings is 1. The van der Waals surface area contributed by atoms with E-state index in [9.17, 15) is 9.59 Å². The lowest BCUT2D eigenvalue weighted by atomic mass is 9.84. The number of amides is 1. The largest absolute Gasteiger partial charge is 0.434 e. The van der Waals surface area contributed by atoms with Gasteiger partial charge in [0.1, 0.15) is 29.6 Å². The third-order valence-corrected chi connectivity index (χ3v) is 7.18. The quantitative estimate of drug-likeness (QED) is 0.0459. The lowest BCUT2D eigenvalue weighted by Crippen LogP contribution is -2.46. The Hall–Kier alpha value is -3.21. The number of aliphatic imine (C=N–C) groups is 1. The molecule has 1 unspecified atom stereocenters. The van der Waals surface area contributed by atoms with Gasteiger partial charge in [-0.25, -0.2) is 9.87 Å². The van der Waals surface area contributed by atoms with Crippen molar-refractivity contribution in [3.63, 3.8) is 0 Å². The number of hydrogen-bond donors (Lipinski definition) is 2. The molecule has 10 heteroatoms. The van der Waals surface area contributed by atoms with E-state index in [1.807, 2.05) is 49.4 Å². The highest BCUT2D eigenvalue weighted by Crippen LogP contribution is 2.28. The highest BCUT2D eigenvalue weighted by atomic mass is 32.2. The zero-order valence-corrected chi connectivity index (χ0v) is 22.5. The van der Waals surface area contributed by atoms with E-state index in [0.29, 0.717) is 35.7 Å². The number of hydrogen-bond acceptors (Lipinski definition) is 8. The van der Waals surface area contributed by atoms with Crippen LogP contribution in [0.2, 0.25) is 0 Å². The molecule has 2 atom stereocenters. The van der Waals surface area contributed by atoms with Gasteiger partial charge in [0.25, 0.3) is 5.89 Å². The second kappa shape index (κ2) is 14.1. The first kappa shape index (κ1) is 27.8. The van der Waals surface area contributed by atoms with Gasteiger partial charge in [0.05, 0.1) is 13.2 Å². The first-order valence-corrected chi connectivity index (χ1v) is 13.8. The Bertz CT molecular complexity index is 1190. The molecular formula is C28H34N4O5S. The average Bonchev–Trinajstić information content (AvgIpc) is 3.40. The summed E-state index contributed by atoms with van der Waals surface area (Å²) in [6.45, 7) is 1.85. The Labute approximate surface area is 227 Å². The highest BCUT2D eigenvalue weighted by Gasteiger charge is 2.30. The lowest BCUT2D eigenvalue weighted by molar-refractivity contribution is -0.160. The molecule has 202 valence electrons. The van der Waals surface area contributed by atoms with E-state index < -0.39 is 12.1 Å². The molecule has 0 bridgehead atoms. The van der Waals surface area contributed by atoms with E-state index in [1.165, 1.54) is 13.5 Å². The van der Waals surface area contributed by atoms with Crippen molar-refractivity contribution >= 4 is 40.9 Å². The summed E-state index contributed by atoms with van der Waals surface area (Å²) in [5, 5.41) is 2.94. The van der Waals surface area contributed by atoms with E-state index in [2.05, 4.69) is 19.9 Å². The number of benzene rings is 2. The van der Waals surface area contributed by atoms with Crippen molar-refractivity contribution in [3.8, 4) is 0 Å². The van der Waals surface area contributed by atoms with E-state index in [-0.39, 0.29) is 17.6 Å². The molecule has 4 rings (SSSR count). The number of aromatic nitrogens is 1. The number of fused-ring (bicyclic) bond motifs is 1. The van der Waals surface area contributed by atoms with Gasteiger partial charge in [0.15, 0.2) is 5.58 Å². The molecule has 1 aliphatic carbocycles. The summed E-state index contributed by atoms with van der Waals surface area (Å²) in [6, 6.07) is 15.2. The standard InChI is InChI=1S/C28H34N4O5S/c1-3-21(25(33)28-31-22-16-10-11-17-24(22)36-28)30-27(34)23(18-19-12-6-4-7-13-19)29-26(32-38-37-35-2)20-14-8-5-9-15-20/h5,8-11,14-17,19,21,23H,3-4,6-7,12-13,18H2,1-2H3,(H,29,32)(H,30,34)/t21?,23-/m0/s1. The Balaban J connectivity index is 1.57. The van der Waals surface area contributed by atoms with E-state index in [1.54, 1.807) is 12.1 Å². The molecule has 3 aromatic rings. The monoisotopic (exact) mass is 538 g/mol. The molecule has 1 heterocycles. The zero-order valence-electron chi connectivity index (χ0n) is 21.7. The molecule has 0 spiro atoms. The fourth-order valence-corrected chi connectivity index (χ4v) is 5.06. The van der Waals surface area contributed by atoms with Crippen LogP contribution in [0.25, 0.3) is 11.1 Å². The number of nitrogens with one attached hydrogen (secondary N) is 2. The molecule has 1 aromatic heterocycles. The predicted octanol–water partition coefficient (Wildman–Crippen LogP) is 5.42. The molecule has 1 saturated carbocycles. The fourth-order valence-electron chi connectivity index (χ4n) is 4.71. The third-order valence-electron chi connectivity index (χ3n) is 6.70. The molecule has 1 aliphatic rings. The number of carbonyl (C=O) groups excluding carboxylic acids is 2. The summed E-state index contributed by atoms with van der Waals surface area (Å²) in [5.74, 6) is 0.200. The van der Waals surface area contributed by atoms with Crippen molar-refractivity contribution in [2.24, 2.45) is 10.9 Å². The minimum Gasteiger partial charge on any atom is -0.434 e. The summed E-state index contributed by atoms with van der Waals surface area (Å²) in [7, 11) is 1.41. The van der Waals surface area contributed by atoms with Crippen LogP contribution in [0.3, 0.4) is 0 Å². The van der Waals surface area contributed by atoms with Crippen molar-refractivity contribution in [1.29, 1.82) is 0 Å². The first-order valence-electron chi connectivity index (χ1n) is 13.0. The number of ketones is 1. The Morgan fingerprint density at radius 3 is 2.55 bits per heavy atom. The maximum absolute atomic E-state index is 13.7. The summed E-state index contributed by atoms with van der Waals surface area (Å²) < 4.78 is 13.6. The van der Waals surface area contributed by atoms with Crippen LogP contribution in [0.5, 0.6) is 0 Å². The van der Waals surface area contributed by atoms with Gasteiger partial charge >= 0.3 is 0 Å². The molecule has 0 saturated heterocycles. The molecule has 2 N–H and O–H groups in total. The normalized spacial score (nSPS) is 16.2. The van der Waals surface area contributed by atoms with Crippen LogP contribution in [0, 0.1) is 5.92 Å². The van der Waals surface area contributed by atoms with Gasteiger partial charge in [-0.05, 0) is 30.9 Å². The van der Waals surface area contributed by atoms with Crippen molar-refractivity contribution in [3.05, 3.63) is 66.1 Å². The highest BCUT2D eigenvalue weighted by molar-refractivity contribution is 7.93. The van der Waals surface area contributed by atoms with Crippen molar-refractivity contribution in [2.75, 3.05) is 7.11 Å². The van der Waals surface area contributed by atoms with E-state index >= 15 is 0 Å². The van der Waals surface area contributed by atoms with Crippen molar-refractivity contribution in [2.45, 2.75) is 64.0 Å². The predicted molar refractivity (Wildman–Crippen MR) is 147 cm³/mol. The number of amidine groups is 1. The number of rotatable bonds is 12. The second-order valence-corrected chi connectivity index (χ2v) is 9.85. The van der Waals surface area contributed by atoms with Crippen LogP contribution < -0.4 is 10.0 Å². The number of Topliss-reactive ketones (excluding diaryl/α,β-unsaturated/α-hetero) is 1. The Morgan fingerprint density at radius 2 is 1.84 bits per heavy atom. The molecule has 38 heavy (non-hydrogen) atoms. The van der Waals surface area contributed by atoms with Gasteiger partial charge in [0.2, 0.25) is 11.7 Å². The molecular weight excluding hydrogens is 504 g/mol. The number of para-hydroxylation sites is 2. The van der Waals surface area contributed by atoms with Crippen LogP contribution >= 0.6 is 12.2 Å². The summed E-state index contributed by atoms with van der Waals surface area (Å²) in [6.07, 6.45) is 6.63. The van der Waals surface area contributed by atoms with Gasteiger partial charge in [-0.15, -0.1) is 4.33 Å². The first-order chi connectivity index (χ1) is 18.6. The summed E-state index contributed by atoms with van der Waals surface area (Å²) >= 11 is 0.869. The van der Waals surface area contributed by atoms with Gasteiger partial charge < -0.3 is 9.73 Å². The molecule has 0 radical (unpaired) electrons. The van der Waals surface area contributed by atoms with Crippen LogP contribution in [0.1, 0.15) is 68.1 Å². The third kappa shape index (κ3) is 7.43. The van der Waals surface area contributed by atoms with Crippen molar-refractivity contribution < 1.29 is 23.2 Å². The zero-order chi connectivity index (χ0) is 26.7. The molecule has 9 nitrogen and oxygen atoms in total. The molecule has 1 fully saturated rings. The van der Waals surface area contributed by atoms with Crippen LogP contribution in [0.4, 0.5) is 0 Å². The van der Waals surface area contributed by atoms with Gasteiger partial charge in [-0.1, -0.05) is 81.5 Å². The molecule has 1 amide bonds. The van der Waals surface area contributed by atoms with E-state index in [4.69, 9.17) is 13.7 Å². The number of carbonyl (C=O) groups is 2. The minimum atomic E-state index is -0.779. The second-order valence-electron chi connectivity index (χ2n) is 9.34. The topological polar surface area (TPSA) is 115 Å². The SMILES string of the molecule is CCC(NC(=O)[C@H](CC1CCCCC1)N=C(NSOOC)c1ccccc1)C(=O)c1nc2ccccc2o1. The Kier molecular flexibility index (Phi) is 10.3. The van der Waals surface area contributed by atoms with Gasteiger partial charge in [-0.2, -0.15) is 0 Å². The lowest BCUT2D eigenvalue weighted by Gasteiger charge is -2.26. The molecule has 2 aromatic carbocycles. The Morgan fingerprint density at radius 1 is 1.11 bits per heavy atom. The average molecular weight is 539 g/mol. The van der Waals surface area contributed by atoms with Crippen molar-refractivity contribution in [1.82, 2.24) is 15.0 Å². The smallest absolute Gasteiger partial charge is 0.266 e. The summed E-state index contributed by atoms with van der Waals surface area (Å²) in [4.78, 5) is 40.8. The van der Waals surface area contributed by atoms with Crippen LogP contribution in [0.15, 0.2) is 64.0 Å². The van der Waals surface area contributed by atoms with E-state index in [0.717, 1.165) is 43.5 Å². The summed E-state index contributed by atoms with van der Waals surface area (Å²) in [5.41, 5.74) is 1.94. The minimum absolute atomic E-state index is 0.00885. The maximum atomic E-state index is 13.7. The van der Waals surface area contributed by atoms with Gasteiger partial charge in [-0.3, -0.25) is 19.3 Å². The maximum Gasteiger partial charge on any atom is 0.266 e.